The van der Waals surface area contributed by atoms with Crippen LogP contribution in [-0.4, -0.2) is 12.2 Å². The van der Waals surface area contributed by atoms with Gasteiger partial charge < -0.3 is 9.84 Å². The quantitative estimate of drug-likeness (QED) is 0.712. The van der Waals surface area contributed by atoms with Gasteiger partial charge in [-0.05, 0) is 25.0 Å². The number of ether oxygens (including phenoxy) is 1. The third kappa shape index (κ3) is 1.43. The van der Waals surface area contributed by atoms with Gasteiger partial charge in [0.25, 0.3) is 0 Å². The van der Waals surface area contributed by atoms with Gasteiger partial charge in [-0.15, -0.1) is 0 Å². The van der Waals surface area contributed by atoms with Gasteiger partial charge in [-0.3, -0.25) is 0 Å². The minimum absolute atomic E-state index is 0.0671. The topological polar surface area (TPSA) is 53.2 Å². The lowest BCUT2D eigenvalue weighted by Gasteiger charge is -2.09. The van der Waals surface area contributed by atoms with Gasteiger partial charge in [0.2, 0.25) is 0 Å². The fraction of sp³-hybridized carbons (Fsp3) is 0.300. The van der Waals surface area contributed by atoms with Gasteiger partial charge in [-0.1, -0.05) is 6.07 Å². The van der Waals surface area contributed by atoms with E-state index >= 15 is 0 Å². The minimum Gasteiger partial charge on any atom is -0.503 e. The summed E-state index contributed by atoms with van der Waals surface area (Å²) in [6, 6.07) is 3.75. The molecule has 0 unspecified atom stereocenters. The van der Waals surface area contributed by atoms with E-state index in [1.54, 1.807) is 6.92 Å². The lowest BCUT2D eigenvalue weighted by atomic mass is 10.0. The molecule has 68 valence electrons. The van der Waals surface area contributed by atoms with E-state index in [2.05, 4.69) is 0 Å². The Kier molecular flexibility index (Phi) is 2.43. The van der Waals surface area contributed by atoms with Crippen molar-refractivity contribution in [1.29, 1.82) is 5.26 Å². The van der Waals surface area contributed by atoms with Crippen molar-refractivity contribution < 1.29 is 9.84 Å². The zero-order chi connectivity index (χ0) is 10.0. The first kappa shape index (κ1) is 9.40. The summed E-state index contributed by atoms with van der Waals surface area (Å²) in [7, 11) is 1.47. The summed E-state index contributed by atoms with van der Waals surface area (Å²) in [5, 5.41) is 18.3. The first-order valence-electron chi connectivity index (χ1n) is 3.89. The number of phenolic OH excluding ortho intramolecular Hbond substituents is 1. The zero-order valence-corrected chi connectivity index (χ0v) is 7.88. The Balaban J connectivity index is 3.51. The Morgan fingerprint density at radius 1 is 1.38 bits per heavy atom. The van der Waals surface area contributed by atoms with E-state index in [-0.39, 0.29) is 11.3 Å². The third-order valence-corrected chi connectivity index (χ3v) is 1.95. The van der Waals surface area contributed by atoms with E-state index < -0.39 is 0 Å². The van der Waals surface area contributed by atoms with Gasteiger partial charge in [0, 0.05) is 0 Å². The second kappa shape index (κ2) is 3.36. The van der Waals surface area contributed by atoms with Crippen molar-refractivity contribution in [3.63, 3.8) is 0 Å². The molecule has 0 amide bonds. The molecule has 0 saturated carbocycles. The predicted molar refractivity (Wildman–Crippen MR) is 48.8 cm³/mol. The van der Waals surface area contributed by atoms with Gasteiger partial charge in [-0.2, -0.15) is 5.26 Å². The number of methoxy groups -OCH3 is 1. The maximum absolute atomic E-state index is 9.60. The van der Waals surface area contributed by atoms with Crippen molar-refractivity contribution in [3.05, 3.63) is 22.8 Å². The Labute approximate surface area is 77.2 Å². The van der Waals surface area contributed by atoms with E-state index in [0.29, 0.717) is 5.75 Å². The van der Waals surface area contributed by atoms with Crippen LogP contribution in [0.5, 0.6) is 11.5 Å². The summed E-state index contributed by atoms with van der Waals surface area (Å²) >= 11 is 0. The van der Waals surface area contributed by atoms with Crippen molar-refractivity contribution in [1.82, 2.24) is 0 Å². The molecule has 1 rings (SSSR count). The number of nitriles is 1. The van der Waals surface area contributed by atoms with Crippen LogP contribution in [-0.2, 0) is 0 Å². The van der Waals surface area contributed by atoms with Crippen LogP contribution in [0.2, 0.25) is 0 Å². The first-order valence-corrected chi connectivity index (χ1v) is 3.89. The molecule has 0 aromatic heterocycles. The van der Waals surface area contributed by atoms with Crippen LogP contribution in [0, 0.1) is 25.2 Å². The molecule has 3 heteroatoms. The van der Waals surface area contributed by atoms with Gasteiger partial charge >= 0.3 is 0 Å². The van der Waals surface area contributed by atoms with E-state index in [0.717, 1.165) is 11.1 Å². The fourth-order valence-corrected chi connectivity index (χ4v) is 1.35. The van der Waals surface area contributed by atoms with Crippen LogP contribution in [0.15, 0.2) is 6.07 Å². The number of aryl methyl sites for hydroxylation is 2. The second-order valence-electron chi connectivity index (χ2n) is 2.88. The van der Waals surface area contributed by atoms with Gasteiger partial charge in [0.1, 0.15) is 11.6 Å². The van der Waals surface area contributed by atoms with E-state index in [4.69, 9.17) is 10.00 Å². The molecule has 0 aliphatic rings. The molecule has 3 nitrogen and oxygen atoms in total. The number of hydrogen-bond donors (Lipinski definition) is 1. The van der Waals surface area contributed by atoms with Gasteiger partial charge in [0.05, 0.1) is 7.11 Å². The maximum atomic E-state index is 9.60. The van der Waals surface area contributed by atoms with Crippen molar-refractivity contribution in [2.45, 2.75) is 13.8 Å². The molecule has 0 bridgehead atoms. The van der Waals surface area contributed by atoms with E-state index in [1.165, 1.54) is 7.11 Å². The molecule has 0 fully saturated rings. The average molecular weight is 177 g/mol. The van der Waals surface area contributed by atoms with Crippen molar-refractivity contribution in [2.75, 3.05) is 7.11 Å². The highest BCUT2D eigenvalue weighted by Crippen LogP contribution is 2.34. The first-order chi connectivity index (χ1) is 6.11. The largest absolute Gasteiger partial charge is 0.503 e. The van der Waals surface area contributed by atoms with Crippen LogP contribution in [0.4, 0.5) is 0 Å². The number of benzene rings is 1. The molecule has 0 radical (unpaired) electrons. The van der Waals surface area contributed by atoms with Gasteiger partial charge in [0.15, 0.2) is 11.5 Å². The van der Waals surface area contributed by atoms with Gasteiger partial charge in [-0.25, -0.2) is 0 Å². The Hall–Kier alpha value is -1.69. The van der Waals surface area contributed by atoms with E-state index in [9.17, 15) is 5.11 Å². The number of rotatable bonds is 1. The van der Waals surface area contributed by atoms with Crippen molar-refractivity contribution >= 4 is 0 Å². The number of aromatic hydroxyl groups is 1. The molecule has 13 heavy (non-hydrogen) atoms. The molecule has 1 aromatic rings. The van der Waals surface area contributed by atoms with Crippen LogP contribution >= 0.6 is 0 Å². The SMILES string of the molecule is COc1c(C)cc(C)c(C#N)c1O. The molecule has 0 aliphatic carbocycles. The Bertz CT molecular complexity index is 377. The highest BCUT2D eigenvalue weighted by atomic mass is 16.5. The molecule has 0 saturated heterocycles. The zero-order valence-electron chi connectivity index (χ0n) is 7.88. The number of nitrogens with zero attached hydrogens (tertiary/aromatic N) is 1. The Morgan fingerprint density at radius 3 is 2.46 bits per heavy atom. The standard InChI is InChI=1S/C10H11NO2/c1-6-4-7(2)10(13-3)9(12)8(6)5-11/h4,12H,1-3H3. The summed E-state index contributed by atoms with van der Waals surface area (Å²) in [6.07, 6.45) is 0. The Morgan fingerprint density at radius 2 is 2.00 bits per heavy atom. The molecule has 0 aliphatic heterocycles. The maximum Gasteiger partial charge on any atom is 0.176 e. The fourth-order valence-electron chi connectivity index (χ4n) is 1.35. The summed E-state index contributed by atoms with van der Waals surface area (Å²) in [5.41, 5.74) is 1.87. The molecular formula is C10H11NO2. The lowest BCUT2D eigenvalue weighted by molar-refractivity contribution is 0.370. The summed E-state index contributed by atoms with van der Waals surface area (Å²) in [4.78, 5) is 0. The van der Waals surface area contributed by atoms with Crippen molar-refractivity contribution in [2.24, 2.45) is 0 Å². The van der Waals surface area contributed by atoms with Crippen LogP contribution in [0.3, 0.4) is 0 Å². The van der Waals surface area contributed by atoms with E-state index in [1.807, 2.05) is 19.1 Å². The average Bonchev–Trinajstić information content (AvgIpc) is 2.04. The third-order valence-electron chi connectivity index (χ3n) is 1.95. The van der Waals surface area contributed by atoms with Crippen molar-refractivity contribution in [3.8, 4) is 17.6 Å². The predicted octanol–water partition coefficient (Wildman–Crippen LogP) is 1.89. The molecule has 1 aromatic carbocycles. The minimum atomic E-state index is -0.0671. The molecule has 0 atom stereocenters. The second-order valence-corrected chi connectivity index (χ2v) is 2.88. The van der Waals surface area contributed by atoms with Crippen LogP contribution in [0.25, 0.3) is 0 Å². The number of phenols is 1. The van der Waals surface area contributed by atoms with Crippen LogP contribution in [0.1, 0.15) is 16.7 Å². The summed E-state index contributed by atoms with van der Waals surface area (Å²) < 4.78 is 4.97. The van der Waals surface area contributed by atoms with Crippen LogP contribution < -0.4 is 4.74 Å². The molecule has 0 spiro atoms. The molecule has 1 N–H and O–H groups in total. The summed E-state index contributed by atoms with van der Waals surface area (Å²) in [6.45, 7) is 3.61. The monoisotopic (exact) mass is 177 g/mol. The smallest absolute Gasteiger partial charge is 0.176 e. The molecular weight excluding hydrogens is 166 g/mol. The highest BCUT2D eigenvalue weighted by molar-refractivity contribution is 5.58. The highest BCUT2D eigenvalue weighted by Gasteiger charge is 2.13. The normalized spacial score (nSPS) is 9.38. The molecule has 0 heterocycles. The number of hydrogen-bond acceptors (Lipinski definition) is 3. The summed E-state index contributed by atoms with van der Waals surface area (Å²) in [5.74, 6) is 0.310. The lowest BCUT2D eigenvalue weighted by Crippen LogP contribution is -1.92.